The van der Waals surface area contributed by atoms with Gasteiger partial charge in [0.1, 0.15) is 17.6 Å². The molecule has 0 radical (unpaired) electrons. The Kier molecular flexibility index (Phi) is 7.54. The zero-order valence-electron chi connectivity index (χ0n) is 19.0. The molecule has 1 heterocycles. The molecule has 0 aliphatic rings. The van der Waals surface area contributed by atoms with Crippen LogP contribution in [0, 0.1) is 0 Å². The minimum Gasteiger partial charge on any atom is -0.497 e. The molecule has 3 aromatic rings. The van der Waals surface area contributed by atoms with Gasteiger partial charge in [-0.15, -0.1) is 0 Å². The smallest absolute Gasteiger partial charge is 0.244 e. The maximum absolute atomic E-state index is 12.8. The van der Waals surface area contributed by atoms with E-state index in [1.165, 1.54) is 6.08 Å². The maximum atomic E-state index is 12.8. The summed E-state index contributed by atoms with van der Waals surface area (Å²) >= 11 is 0. The van der Waals surface area contributed by atoms with Crippen molar-refractivity contribution in [3.63, 3.8) is 0 Å². The fraction of sp³-hybridized carbons (Fsp3) is 0.280. The molecular weight excluding hydrogens is 406 g/mol. The average molecular weight is 436 g/mol. The van der Waals surface area contributed by atoms with Crippen LogP contribution in [0.3, 0.4) is 0 Å². The van der Waals surface area contributed by atoms with Crippen molar-refractivity contribution in [2.75, 3.05) is 14.2 Å². The molecule has 1 amide bonds. The van der Waals surface area contributed by atoms with Gasteiger partial charge in [-0.3, -0.25) is 4.79 Å². The molecule has 0 bridgehead atoms. The van der Waals surface area contributed by atoms with Crippen LogP contribution in [-0.4, -0.2) is 35.8 Å². The van der Waals surface area contributed by atoms with Crippen molar-refractivity contribution in [1.82, 2.24) is 14.9 Å². The van der Waals surface area contributed by atoms with Crippen LogP contribution < -0.4 is 19.5 Å². The zero-order valence-corrected chi connectivity index (χ0v) is 19.0. The molecule has 0 saturated heterocycles. The summed E-state index contributed by atoms with van der Waals surface area (Å²) in [5.41, 5.74) is 1.69. The summed E-state index contributed by atoms with van der Waals surface area (Å²) in [6.45, 7) is 3.91. The van der Waals surface area contributed by atoms with Crippen LogP contribution in [0.1, 0.15) is 36.8 Å². The van der Waals surface area contributed by atoms with E-state index in [-0.39, 0.29) is 12.0 Å². The van der Waals surface area contributed by atoms with Crippen LogP contribution in [0.5, 0.6) is 17.2 Å². The Bertz CT molecular complexity index is 1090. The minimum atomic E-state index is -0.432. The topological polar surface area (TPSA) is 74.6 Å². The van der Waals surface area contributed by atoms with Gasteiger partial charge in [0.25, 0.3) is 0 Å². The highest BCUT2D eigenvalue weighted by Gasteiger charge is 2.20. The minimum absolute atomic E-state index is 0.0377. The molecule has 1 atom stereocenters. The van der Waals surface area contributed by atoms with Crippen LogP contribution in [-0.2, 0) is 11.8 Å². The van der Waals surface area contributed by atoms with Crippen LogP contribution in [0.25, 0.3) is 6.08 Å². The Balaban J connectivity index is 1.81. The zero-order chi connectivity index (χ0) is 23.1. The third-order valence-electron chi connectivity index (χ3n) is 4.81. The van der Waals surface area contributed by atoms with Gasteiger partial charge in [0.2, 0.25) is 5.91 Å². The standard InChI is InChI=1S/C25H29N3O4/c1-17(2)32-21-11-9-18(15-22(21)31-5)10-12-23(29)27-24(25-26-13-14-28(25)3)19-7-6-8-20(16-19)30-4/h6-17,24H,1-5H3,(H,27,29)/b12-10+. The molecule has 2 aromatic carbocycles. The molecule has 3 rings (SSSR count). The molecule has 0 saturated carbocycles. The van der Waals surface area contributed by atoms with Crippen LogP contribution >= 0.6 is 0 Å². The fourth-order valence-electron chi connectivity index (χ4n) is 3.27. The highest BCUT2D eigenvalue weighted by molar-refractivity contribution is 5.92. The van der Waals surface area contributed by atoms with Gasteiger partial charge < -0.3 is 24.1 Å². The number of nitrogens with zero attached hydrogens (tertiary/aromatic N) is 2. The van der Waals surface area contributed by atoms with Crippen molar-refractivity contribution < 1.29 is 19.0 Å². The number of rotatable bonds is 9. The number of amides is 1. The van der Waals surface area contributed by atoms with E-state index in [0.29, 0.717) is 17.2 Å². The summed E-state index contributed by atoms with van der Waals surface area (Å²) in [7, 11) is 5.10. The van der Waals surface area contributed by atoms with E-state index in [0.717, 1.165) is 17.0 Å². The van der Waals surface area contributed by atoms with E-state index >= 15 is 0 Å². The Hall–Kier alpha value is -3.74. The van der Waals surface area contributed by atoms with Gasteiger partial charge in [0.05, 0.1) is 20.3 Å². The quantitative estimate of drug-likeness (QED) is 0.511. The summed E-state index contributed by atoms with van der Waals surface area (Å²) in [6, 6.07) is 12.7. The summed E-state index contributed by atoms with van der Waals surface area (Å²) < 4.78 is 18.4. The lowest BCUT2D eigenvalue weighted by Crippen LogP contribution is -2.29. The first kappa shape index (κ1) is 22.9. The second-order valence-corrected chi connectivity index (χ2v) is 7.52. The number of benzene rings is 2. The van der Waals surface area contributed by atoms with Gasteiger partial charge >= 0.3 is 0 Å². The second kappa shape index (κ2) is 10.5. The van der Waals surface area contributed by atoms with Gasteiger partial charge in [-0.05, 0) is 55.3 Å². The average Bonchev–Trinajstić information content (AvgIpc) is 3.21. The largest absolute Gasteiger partial charge is 0.497 e. The molecular formula is C25H29N3O4. The number of carbonyl (C=O) groups excluding carboxylic acids is 1. The van der Waals surface area contributed by atoms with Crippen molar-refractivity contribution in [2.24, 2.45) is 7.05 Å². The Morgan fingerprint density at radius 2 is 1.91 bits per heavy atom. The third kappa shape index (κ3) is 5.69. The van der Waals surface area contributed by atoms with Gasteiger partial charge in [-0.1, -0.05) is 18.2 Å². The van der Waals surface area contributed by atoms with Crippen LogP contribution in [0.15, 0.2) is 60.9 Å². The molecule has 1 N–H and O–H groups in total. The fourth-order valence-corrected chi connectivity index (χ4v) is 3.27. The number of methoxy groups -OCH3 is 2. The van der Waals surface area contributed by atoms with Gasteiger partial charge in [-0.25, -0.2) is 4.98 Å². The summed E-state index contributed by atoms with van der Waals surface area (Å²) in [5, 5.41) is 3.04. The maximum Gasteiger partial charge on any atom is 0.244 e. The van der Waals surface area contributed by atoms with Crippen LogP contribution in [0.4, 0.5) is 0 Å². The Morgan fingerprint density at radius 1 is 1.09 bits per heavy atom. The third-order valence-corrected chi connectivity index (χ3v) is 4.81. The first-order valence-corrected chi connectivity index (χ1v) is 10.4. The number of hydrogen-bond donors (Lipinski definition) is 1. The predicted octanol–water partition coefficient (Wildman–Crippen LogP) is 4.14. The molecule has 7 heteroatoms. The van der Waals surface area contributed by atoms with E-state index < -0.39 is 6.04 Å². The van der Waals surface area contributed by atoms with E-state index in [9.17, 15) is 4.79 Å². The van der Waals surface area contributed by atoms with Gasteiger partial charge in [-0.2, -0.15) is 0 Å². The highest BCUT2D eigenvalue weighted by atomic mass is 16.5. The van der Waals surface area contributed by atoms with E-state index in [2.05, 4.69) is 10.3 Å². The predicted molar refractivity (Wildman–Crippen MR) is 124 cm³/mol. The Labute approximate surface area is 188 Å². The lowest BCUT2D eigenvalue weighted by atomic mass is 10.1. The van der Waals surface area contributed by atoms with E-state index in [1.54, 1.807) is 26.5 Å². The van der Waals surface area contributed by atoms with Crippen molar-refractivity contribution in [3.8, 4) is 17.2 Å². The number of carbonyl (C=O) groups is 1. The lowest BCUT2D eigenvalue weighted by molar-refractivity contribution is -0.117. The molecule has 32 heavy (non-hydrogen) atoms. The number of aryl methyl sites for hydroxylation is 1. The first-order chi connectivity index (χ1) is 15.4. The molecule has 0 aliphatic heterocycles. The van der Waals surface area contributed by atoms with E-state index in [1.807, 2.05) is 74.1 Å². The molecule has 1 unspecified atom stereocenters. The van der Waals surface area contributed by atoms with Crippen molar-refractivity contribution in [3.05, 3.63) is 77.9 Å². The molecule has 1 aromatic heterocycles. The SMILES string of the molecule is COc1cccc(C(NC(=O)/C=C/c2ccc(OC(C)C)c(OC)c2)c2nccn2C)c1. The number of nitrogens with one attached hydrogen (secondary N) is 1. The van der Waals surface area contributed by atoms with Crippen molar-refractivity contribution in [2.45, 2.75) is 26.0 Å². The summed E-state index contributed by atoms with van der Waals surface area (Å²) in [5.74, 6) is 2.46. The van der Waals surface area contributed by atoms with Crippen molar-refractivity contribution in [1.29, 1.82) is 0 Å². The second-order valence-electron chi connectivity index (χ2n) is 7.52. The van der Waals surface area contributed by atoms with Crippen molar-refractivity contribution >= 4 is 12.0 Å². The number of imidazole rings is 1. The molecule has 0 aliphatic carbocycles. The number of ether oxygens (including phenoxy) is 3. The normalized spacial score (nSPS) is 12.1. The Morgan fingerprint density at radius 3 is 2.56 bits per heavy atom. The highest BCUT2D eigenvalue weighted by Crippen LogP contribution is 2.29. The summed E-state index contributed by atoms with van der Waals surface area (Å²) in [4.78, 5) is 17.2. The van der Waals surface area contributed by atoms with Gasteiger partial charge in [0, 0.05) is 25.5 Å². The molecule has 168 valence electrons. The summed E-state index contributed by atoms with van der Waals surface area (Å²) in [6.07, 6.45) is 6.82. The van der Waals surface area contributed by atoms with E-state index in [4.69, 9.17) is 14.2 Å². The number of aromatic nitrogens is 2. The van der Waals surface area contributed by atoms with Gasteiger partial charge in [0.15, 0.2) is 11.5 Å². The first-order valence-electron chi connectivity index (χ1n) is 10.4. The molecule has 7 nitrogen and oxygen atoms in total. The monoisotopic (exact) mass is 435 g/mol. The molecule has 0 spiro atoms. The molecule has 0 fully saturated rings. The van der Waals surface area contributed by atoms with Crippen LogP contribution in [0.2, 0.25) is 0 Å². The lowest BCUT2D eigenvalue weighted by Gasteiger charge is -2.19. The number of hydrogen-bond acceptors (Lipinski definition) is 5.